The molecule has 0 N–H and O–H groups in total. The maximum Gasteiger partial charge on any atom is 0.285 e. The van der Waals surface area contributed by atoms with Crippen LogP contribution < -0.4 is 0 Å². The quantitative estimate of drug-likeness (QED) is 0.845. The van der Waals surface area contributed by atoms with Gasteiger partial charge in [0.2, 0.25) is 0 Å². The SMILES string of the molecule is CC1CN(CC(F)(F)c2ccc(F)cc2)CC1N1CCOCC1. The highest BCUT2D eigenvalue weighted by atomic mass is 19.3. The van der Waals surface area contributed by atoms with Crippen molar-refractivity contribution in [2.45, 2.75) is 18.9 Å². The summed E-state index contributed by atoms with van der Waals surface area (Å²) in [5.41, 5.74) is -0.124. The highest BCUT2D eigenvalue weighted by Gasteiger charge is 2.40. The molecule has 0 aliphatic carbocycles. The molecule has 2 atom stereocenters. The molecule has 6 heteroatoms. The second-order valence-corrected chi connectivity index (χ2v) is 6.60. The first-order chi connectivity index (χ1) is 11.0. The molecule has 23 heavy (non-hydrogen) atoms. The first-order valence-corrected chi connectivity index (χ1v) is 8.14. The van der Waals surface area contributed by atoms with Gasteiger partial charge in [0, 0.05) is 37.8 Å². The molecule has 0 bridgehead atoms. The lowest BCUT2D eigenvalue weighted by molar-refractivity contribution is -0.0358. The van der Waals surface area contributed by atoms with Gasteiger partial charge in [0.15, 0.2) is 0 Å². The molecule has 1 aromatic carbocycles. The van der Waals surface area contributed by atoms with Crippen molar-refractivity contribution < 1.29 is 17.9 Å². The molecule has 3 nitrogen and oxygen atoms in total. The van der Waals surface area contributed by atoms with Crippen LogP contribution in [0.25, 0.3) is 0 Å². The second kappa shape index (κ2) is 6.79. The molecule has 0 saturated carbocycles. The van der Waals surface area contributed by atoms with Gasteiger partial charge in [-0.25, -0.2) is 4.39 Å². The summed E-state index contributed by atoms with van der Waals surface area (Å²) in [6.07, 6.45) is 0. The lowest BCUT2D eigenvalue weighted by Crippen LogP contribution is -2.47. The fourth-order valence-electron chi connectivity index (χ4n) is 3.63. The summed E-state index contributed by atoms with van der Waals surface area (Å²) >= 11 is 0. The summed E-state index contributed by atoms with van der Waals surface area (Å²) in [5.74, 6) is -3.10. The first-order valence-electron chi connectivity index (χ1n) is 8.14. The van der Waals surface area contributed by atoms with E-state index in [-0.39, 0.29) is 12.1 Å². The molecule has 3 rings (SSSR count). The summed E-state index contributed by atoms with van der Waals surface area (Å²) in [7, 11) is 0. The lowest BCUT2D eigenvalue weighted by Gasteiger charge is -2.34. The third-order valence-corrected chi connectivity index (χ3v) is 4.85. The van der Waals surface area contributed by atoms with Crippen LogP contribution in [0.2, 0.25) is 0 Å². The largest absolute Gasteiger partial charge is 0.379 e. The number of rotatable bonds is 4. The third-order valence-electron chi connectivity index (χ3n) is 4.85. The van der Waals surface area contributed by atoms with E-state index in [1.165, 1.54) is 12.1 Å². The van der Waals surface area contributed by atoms with Gasteiger partial charge in [-0.15, -0.1) is 0 Å². The zero-order valence-electron chi connectivity index (χ0n) is 13.4. The van der Waals surface area contributed by atoms with E-state index in [1.54, 1.807) is 0 Å². The van der Waals surface area contributed by atoms with Gasteiger partial charge in [0.05, 0.1) is 19.8 Å². The van der Waals surface area contributed by atoms with Crippen LogP contribution in [0.3, 0.4) is 0 Å². The third kappa shape index (κ3) is 3.87. The van der Waals surface area contributed by atoms with Crippen LogP contribution in [-0.2, 0) is 10.7 Å². The van der Waals surface area contributed by atoms with E-state index in [1.807, 2.05) is 4.90 Å². The topological polar surface area (TPSA) is 15.7 Å². The minimum Gasteiger partial charge on any atom is -0.379 e. The van der Waals surface area contributed by atoms with Crippen molar-refractivity contribution in [2.24, 2.45) is 5.92 Å². The van der Waals surface area contributed by atoms with Gasteiger partial charge >= 0.3 is 0 Å². The lowest BCUT2D eigenvalue weighted by atomic mass is 10.0. The van der Waals surface area contributed by atoms with Crippen molar-refractivity contribution in [2.75, 3.05) is 45.9 Å². The minimum atomic E-state index is -2.96. The van der Waals surface area contributed by atoms with Crippen LogP contribution in [0, 0.1) is 11.7 Å². The van der Waals surface area contributed by atoms with Gasteiger partial charge in [-0.3, -0.25) is 9.80 Å². The highest BCUT2D eigenvalue weighted by Crippen LogP contribution is 2.32. The Morgan fingerprint density at radius 3 is 2.43 bits per heavy atom. The zero-order chi connectivity index (χ0) is 16.4. The van der Waals surface area contributed by atoms with Crippen LogP contribution in [0.5, 0.6) is 0 Å². The number of halogens is 3. The number of morpholine rings is 1. The van der Waals surface area contributed by atoms with Crippen molar-refractivity contribution in [3.05, 3.63) is 35.6 Å². The predicted molar refractivity (Wildman–Crippen MR) is 82.1 cm³/mol. The summed E-state index contributed by atoms with van der Waals surface area (Å²) in [6, 6.07) is 4.84. The van der Waals surface area contributed by atoms with E-state index < -0.39 is 11.7 Å². The summed E-state index contributed by atoms with van der Waals surface area (Å²) in [4.78, 5) is 4.18. The van der Waals surface area contributed by atoms with Gasteiger partial charge in [-0.05, 0) is 18.1 Å². The van der Waals surface area contributed by atoms with Crippen LogP contribution >= 0.6 is 0 Å². The Kier molecular flexibility index (Phi) is 4.94. The highest BCUT2D eigenvalue weighted by molar-refractivity contribution is 5.21. The fourth-order valence-corrected chi connectivity index (χ4v) is 3.63. The molecule has 2 heterocycles. The Morgan fingerprint density at radius 2 is 1.78 bits per heavy atom. The van der Waals surface area contributed by atoms with E-state index >= 15 is 0 Å². The maximum atomic E-state index is 14.4. The molecule has 2 saturated heterocycles. The van der Waals surface area contributed by atoms with Gasteiger partial charge < -0.3 is 4.74 Å². The molecule has 2 unspecified atom stereocenters. The number of hydrogen-bond acceptors (Lipinski definition) is 3. The van der Waals surface area contributed by atoms with Crippen LogP contribution in [0.15, 0.2) is 24.3 Å². The molecular formula is C17H23F3N2O. The number of nitrogens with zero attached hydrogens (tertiary/aromatic N) is 2. The molecule has 0 radical (unpaired) electrons. The van der Waals surface area contributed by atoms with Gasteiger partial charge in [-0.2, -0.15) is 8.78 Å². The maximum absolute atomic E-state index is 14.4. The molecule has 128 valence electrons. The van der Waals surface area contributed by atoms with E-state index in [9.17, 15) is 13.2 Å². The number of likely N-dealkylation sites (tertiary alicyclic amines) is 1. The normalized spacial score (nSPS) is 27.5. The Balaban J connectivity index is 1.62. The van der Waals surface area contributed by atoms with Crippen molar-refractivity contribution in [3.8, 4) is 0 Å². The smallest absolute Gasteiger partial charge is 0.285 e. The van der Waals surface area contributed by atoms with Crippen LogP contribution in [0.4, 0.5) is 13.2 Å². The molecule has 2 aliphatic heterocycles. The average molecular weight is 328 g/mol. The second-order valence-electron chi connectivity index (χ2n) is 6.60. The number of benzene rings is 1. The molecule has 0 aromatic heterocycles. The van der Waals surface area contributed by atoms with Crippen molar-refractivity contribution in [1.29, 1.82) is 0 Å². The molecule has 0 spiro atoms. The van der Waals surface area contributed by atoms with Crippen molar-refractivity contribution in [3.63, 3.8) is 0 Å². The standard InChI is InChI=1S/C17H23F3N2O/c1-13-10-21(11-16(13)22-6-8-23-9-7-22)12-17(19,20)14-2-4-15(18)5-3-14/h2-5,13,16H,6-12H2,1H3. The number of alkyl halides is 2. The molecule has 2 fully saturated rings. The molecule has 1 aromatic rings. The first kappa shape index (κ1) is 16.7. The summed E-state index contributed by atoms with van der Waals surface area (Å²) in [5, 5.41) is 0. The van der Waals surface area contributed by atoms with Gasteiger partial charge in [-0.1, -0.05) is 19.1 Å². The summed E-state index contributed by atoms with van der Waals surface area (Å²) < 4.78 is 47.2. The van der Waals surface area contributed by atoms with E-state index in [4.69, 9.17) is 4.74 Å². The minimum absolute atomic E-state index is 0.124. The number of hydrogen-bond donors (Lipinski definition) is 0. The molecular weight excluding hydrogens is 305 g/mol. The monoisotopic (exact) mass is 328 g/mol. The van der Waals surface area contributed by atoms with Crippen LogP contribution in [-0.4, -0.2) is 61.8 Å². The zero-order valence-corrected chi connectivity index (χ0v) is 13.4. The van der Waals surface area contributed by atoms with E-state index in [0.717, 1.165) is 38.4 Å². The van der Waals surface area contributed by atoms with Gasteiger partial charge in [0.25, 0.3) is 5.92 Å². The van der Waals surface area contributed by atoms with Crippen LogP contribution in [0.1, 0.15) is 12.5 Å². The Morgan fingerprint density at radius 1 is 1.13 bits per heavy atom. The number of ether oxygens (including phenoxy) is 1. The molecule has 0 amide bonds. The average Bonchev–Trinajstić information content (AvgIpc) is 2.88. The van der Waals surface area contributed by atoms with E-state index in [2.05, 4.69) is 11.8 Å². The fraction of sp³-hybridized carbons (Fsp3) is 0.647. The van der Waals surface area contributed by atoms with Gasteiger partial charge in [0.1, 0.15) is 5.82 Å². The Bertz CT molecular complexity index is 517. The Labute approximate surface area is 135 Å². The van der Waals surface area contributed by atoms with Crippen molar-refractivity contribution in [1.82, 2.24) is 9.80 Å². The Hall–Kier alpha value is -1.11. The summed E-state index contributed by atoms with van der Waals surface area (Å²) in [6.45, 7) is 6.30. The predicted octanol–water partition coefficient (Wildman–Crippen LogP) is 2.57. The van der Waals surface area contributed by atoms with E-state index in [0.29, 0.717) is 25.0 Å². The molecule has 2 aliphatic rings. The van der Waals surface area contributed by atoms with Crippen molar-refractivity contribution >= 4 is 0 Å².